The number of phosphoric acid groups is 1. The quantitative estimate of drug-likeness (QED) is 0.0309. The van der Waals surface area contributed by atoms with Gasteiger partial charge in [-0.25, -0.2) is 0 Å². The third-order valence-corrected chi connectivity index (χ3v) is 9.06. The number of allylic oxidation sites excluding steroid dienone is 5. The number of rotatable bonds is 33. The van der Waals surface area contributed by atoms with Crippen molar-refractivity contribution in [1.29, 1.82) is 0 Å². The second-order valence-electron chi connectivity index (χ2n) is 13.9. The van der Waals surface area contributed by atoms with Gasteiger partial charge >= 0.3 is 0 Å². The lowest BCUT2D eigenvalue weighted by atomic mass is 10.1. The van der Waals surface area contributed by atoms with Gasteiger partial charge in [0, 0.05) is 6.42 Å². The number of nitrogens with one attached hydrogen (secondary N) is 1. The second kappa shape index (κ2) is 30.8. The fourth-order valence-corrected chi connectivity index (χ4v) is 5.73. The van der Waals surface area contributed by atoms with Crippen LogP contribution in [0.5, 0.6) is 0 Å². The summed E-state index contributed by atoms with van der Waals surface area (Å²) < 4.78 is 22.9. The summed E-state index contributed by atoms with van der Waals surface area (Å²) in [5.41, 5.74) is 0. The van der Waals surface area contributed by atoms with Crippen molar-refractivity contribution in [2.45, 2.75) is 161 Å². The highest BCUT2D eigenvalue weighted by molar-refractivity contribution is 7.45. The molecule has 3 atom stereocenters. The summed E-state index contributed by atoms with van der Waals surface area (Å²) in [6, 6.07) is -0.883. The van der Waals surface area contributed by atoms with Crippen LogP contribution in [0.15, 0.2) is 36.5 Å². The lowest BCUT2D eigenvalue weighted by Gasteiger charge is -2.29. The molecule has 0 aromatic heterocycles. The van der Waals surface area contributed by atoms with Gasteiger partial charge in [-0.3, -0.25) is 9.36 Å². The molecule has 0 aliphatic carbocycles. The van der Waals surface area contributed by atoms with E-state index in [1.54, 1.807) is 6.08 Å². The first-order valence-corrected chi connectivity index (χ1v) is 20.3. The molecular formula is C38H73N2O6P. The largest absolute Gasteiger partial charge is 0.756 e. The number of hydrogen-bond donors (Lipinski definition) is 2. The number of nitrogens with zero attached hydrogens (tertiary/aromatic N) is 1. The molecule has 0 radical (unpaired) electrons. The van der Waals surface area contributed by atoms with Gasteiger partial charge in [0.1, 0.15) is 13.2 Å². The van der Waals surface area contributed by atoms with Crippen LogP contribution in [0.3, 0.4) is 0 Å². The summed E-state index contributed by atoms with van der Waals surface area (Å²) in [6.45, 7) is 4.51. The number of aliphatic hydroxyl groups is 1. The molecule has 0 spiro atoms. The van der Waals surface area contributed by atoms with E-state index in [0.29, 0.717) is 17.4 Å². The maximum atomic E-state index is 12.7. The van der Waals surface area contributed by atoms with Gasteiger partial charge < -0.3 is 28.8 Å². The first-order chi connectivity index (χ1) is 22.5. The minimum Gasteiger partial charge on any atom is -0.756 e. The van der Waals surface area contributed by atoms with E-state index in [2.05, 4.69) is 43.5 Å². The zero-order chi connectivity index (χ0) is 35.1. The van der Waals surface area contributed by atoms with Crippen LogP contribution in [-0.4, -0.2) is 68.5 Å². The highest BCUT2D eigenvalue weighted by atomic mass is 31.2. The normalized spacial score (nSPS) is 15.1. The minimum atomic E-state index is -4.57. The predicted octanol–water partition coefficient (Wildman–Crippen LogP) is 8.94. The Bertz CT molecular complexity index is 871. The van der Waals surface area contributed by atoms with Gasteiger partial charge in [-0.1, -0.05) is 127 Å². The van der Waals surface area contributed by atoms with E-state index in [1.165, 1.54) is 77.0 Å². The van der Waals surface area contributed by atoms with Gasteiger partial charge in [0.25, 0.3) is 7.82 Å². The van der Waals surface area contributed by atoms with Gasteiger partial charge in [0.2, 0.25) is 5.91 Å². The number of phosphoric ester groups is 1. The number of quaternary nitrogens is 1. The molecule has 276 valence electrons. The minimum absolute atomic E-state index is 0.00328. The number of aliphatic hydroxyl groups excluding tert-OH is 1. The molecule has 1 amide bonds. The van der Waals surface area contributed by atoms with Crippen LogP contribution in [0.2, 0.25) is 0 Å². The second-order valence-corrected chi connectivity index (χ2v) is 15.3. The number of amides is 1. The van der Waals surface area contributed by atoms with Crippen molar-refractivity contribution < 1.29 is 32.9 Å². The number of unbranched alkanes of at least 4 members (excludes halogenated alkanes) is 16. The predicted molar refractivity (Wildman–Crippen MR) is 196 cm³/mol. The molecule has 0 aromatic carbocycles. The lowest BCUT2D eigenvalue weighted by molar-refractivity contribution is -0.870. The van der Waals surface area contributed by atoms with Crippen molar-refractivity contribution in [3.63, 3.8) is 0 Å². The van der Waals surface area contributed by atoms with E-state index in [9.17, 15) is 19.4 Å². The zero-order valence-corrected chi connectivity index (χ0v) is 31.9. The van der Waals surface area contributed by atoms with Crippen LogP contribution in [0.4, 0.5) is 0 Å². The summed E-state index contributed by atoms with van der Waals surface area (Å²) in [4.78, 5) is 25.0. The Hall–Kier alpha value is -1.28. The number of carbonyl (C=O) groups excluding carboxylic acids is 1. The molecule has 8 nitrogen and oxygen atoms in total. The molecule has 3 unspecified atom stereocenters. The summed E-state index contributed by atoms with van der Waals surface area (Å²) in [7, 11) is 1.25. The standard InChI is InChI=1S/C38H73N2O6P/c1-6-8-10-12-14-15-16-17-18-19-20-21-22-23-24-25-26-28-30-32-38(42)39-36(37(41)31-29-27-13-11-9-7-2)35-46-47(43,44)45-34-33-40(3,4)5/h14-15,17-18,29,31,36-37,41H,6-13,16,19-28,30,32-35H2,1-5H3,(H-,39,42,43,44)/b15-14-,18-17-,31-29+. The fourth-order valence-electron chi connectivity index (χ4n) is 5.00. The summed E-state index contributed by atoms with van der Waals surface area (Å²) in [5, 5.41) is 13.5. The third-order valence-electron chi connectivity index (χ3n) is 8.09. The molecule has 0 aliphatic rings. The molecule has 0 rings (SSSR count). The van der Waals surface area contributed by atoms with Gasteiger partial charge in [0.05, 0.1) is 39.9 Å². The SMILES string of the molecule is CCCCC/C=C\C/C=C\CCCCCCCCCCCC(=O)NC(COP(=O)([O-])OCC[N+](C)(C)C)C(O)/C=C/CCCCCC. The average Bonchev–Trinajstić information content (AvgIpc) is 3.01. The summed E-state index contributed by atoms with van der Waals surface area (Å²) >= 11 is 0. The average molecular weight is 685 g/mol. The van der Waals surface area contributed by atoms with E-state index in [4.69, 9.17) is 9.05 Å². The zero-order valence-electron chi connectivity index (χ0n) is 31.0. The van der Waals surface area contributed by atoms with Crippen LogP contribution in [0, 0.1) is 0 Å². The Balaban J connectivity index is 4.29. The number of carbonyl (C=O) groups is 1. The smallest absolute Gasteiger partial charge is 0.268 e. The molecule has 0 aliphatic heterocycles. The van der Waals surface area contributed by atoms with Crippen molar-refractivity contribution in [2.75, 3.05) is 40.9 Å². The van der Waals surface area contributed by atoms with E-state index < -0.39 is 20.0 Å². The molecule has 47 heavy (non-hydrogen) atoms. The maximum Gasteiger partial charge on any atom is 0.268 e. The van der Waals surface area contributed by atoms with E-state index in [0.717, 1.165) is 51.4 Å². The van der Waals surface area contributed by atoms with Gasteiger partial charge in [-0.2, -0.15) is 0 Å². The molecule has 0 aromatic rings. The van der Waals surface area contributed by atoms with Crippen molar-refractivity contribution in [3.8, 4) is 0 Å². The molecule has 0 heterocycles. The molecule has 0 saturated heterocycles. The van der Waals surface area contributed by atoms with Crippen LogP contribution >= 0.6 is 7.82 Å². The Kier molecular flexibility index (Phi) is 29.9. The molecule has 0 bridgehead atoms. The summed E-state index contributed by atoms with van der Waals surface area (Å²) in [6.07, 6.45) is 35.0. The van der Waals surface area contributed by atoms with Crippen LogP contribution in [-0.2, 0) is 18.4 Å². The maximum absolute atomic E-state index is 12.7. The third kappa shape index (κ3) is 33.0. The van der Waals surface area contributed by atoms with Gasteiger partial charge in [-0.05, 0) is 51.4 Å². The van der Waals surface area contributed by atoms with Crippen molar-refractivity contribution in [2.24, 2.45) is 0 Å². The van der Waals surface area contributed by atoms with E-state index in [1.807, 2.05) is 27.2 Å². The first kappa shape index (κ1) is 45.7. The Morgan fingerprint density at radius 2 is 1.23 bits per heavy atom. The van der Waals surface area contributed by atoms with Crippen molar-refractivity contribution in [3.05, 3.63) is 36.5 Å². The number of likely N-dealkylation sites (N-methyl/N-ethyl adjacent to an activating group) is 1. The molecule has 0 saturated carbocycles. The van der Waals surface area contributed by atoms with Crippen LogP contribution in [0.1, 0.15) is 149 Å². The van der Waals surface area contributed by atoms with Crippen LogP contribution in [0.25, 0.3) is 0 Å². The molecular weight excluding hydrogens is 611 g/mol. The van der Waals surface area contributed by atoms with Gasteiger partial charge in [-0.15, -0.1) is 0 Å². The molecule has 0 fully saturated rings. The lowest BCUT2D eigenvalue weighted by Crippen LogP contribution is -2.45. The molecule has 2 N–H and O–H groups in total. The Morgan fingerprint density at radius 3 is 1.81 bits per heavy atom. The summed E-state index contributed by atoms with van der Waals surface area (Å²) in [5.74, 6) is -0.210. The highest BCUT2D eigenvalue weighted by Gasteiger charge is 2.23. The monoisotopic (exact) mass is 685 g/mol. The van der Waals surface area contributed by atoms with Crippen molar-refractivity contribution >= 4 is 13.7 Å². The topological polar surface area (TPSA) is 108 Å². The van der Waals surface area contributed by atoms with Crippen molar-refractivity contribution in [1.82, 2.24) is 5.32 Å². The Labute approximate surface area is 289 Å². The Morgan fingerprint density at radius 1 is 0.745 bits per heavy atom. The fraction of sp³-hybridized carbons (Fsp3) is 0.816. The van der Waals surface area contributed by atoms with Gasteiger partial charge in [0.15, 0.2) is 0 Å². The van der Waals surface area contributed by atoms with Crippen LogP contribution < -0.4 is 10.2 Å². The van der Waals surface area contributed by atoms with E-state index in [-0.39, 0.29) is 19.1 Å². The molecule has 9 heteroatoms. The number of hydrogen-bond acceptors (Lipinski definition) is 6. The first-order valence-electron chi connectivity index (χ1n) is 18.9. The highest BCUT2D eigenvalue weighted by Crippen LogP contribution is 2.38. The van der Waals surface area contributed by atoms with E-state index >= 15 is 0 Å².